The molecule has 0 atom stereocenters. The maximum Gasteiger partial charge on any atom is 0.289 e. The van der Waals surface area contributed by atoms with Gasteiger partial charge in [-0.05, 0) is 25.0 Å². The molecule has 2 N–H and O–H groups in total. The first-order valence-electron chi connectivity index (χ1n) is 8.25. The van der Waals surface area contributed by atoms with Gasteiger partial charge in [0.05, 0.1) is 12.8 Å². The minimum atomic E-state index is -0.0913. The van der Waals surface area contributed by atoms with Crippen LogP contribution in [0.4, 0.5) is 0 Å². The van der Waals surface area contributed by atoms with Crippen molar-refractivity contribution in [3.8, 4) is 0 Å². The molecule has 0 radical (unpaired) electrons. The molecule has 24 heavy (non-hydrogen) atoms. The molecule has 2 fully saturated rings. The average Bonchev–Trinajstić information content (AvgIpc) is 3.24. The van der Waals surface area contributed by atoms with Crippen molar-refractivity contribution in [3.05, 3.63) is 24.2 Å². The van der Waals surface area contributed by atoms with Crippen LogP contribution in [0.25, 0.3) is 0 Å². The van der Waals surface area contributed by atoms with E-state index in [9.17, 15) is 9.59 Å². The lowest BCUT2D eigenvalue weighted by Crippen LogP contribution is -2.54. The van der Waals surface area contributed by atoms with Gasteiger partial charge in [0.25, 0.3) is 5.91 Å². The Balaban J connectivity index is 1.45. The Labute approximate surface area is 140 Å². The summed E-state index contributed by atoms with van der Waals surface area (Å²) in [5, 5.41) is 6.02. The fourth-order valence-corrected chi connectivity index (χ4v) is 2.68. The standard InChI is InChI=1S/C16H23N5O3/c1-17-16(18-11-14(22)19-12-4-5-12)21-8-6-20(7-9-21)15(23)13-3-2-10-24-13/h2-3,10,12H,4-9,11H2,1H3,(H,17,18)(H,19,22). The van der Waals surface area contributed by atoms with Crippen LogP contribution in [-0.2, 0) is 4.79 Å². The molecule has 0 spiro atoms. The van der Waals surface area contributed by atoms with E-state index in [1.165, 1.54) is 6.26 Å². The lowest BCUT2D eigenvalue weighted by Gasteiger charge is -2.36. The first-order valence-corrected chi connectivity index (χ1v) is 8.25. The van der Waals surface area contributed by atoms with Gasteiger partial charge >= 0.3 is 0 Å². The summed E-state index contributed by atoms with van der Waals surface area (Å²) in [7, 11) is 1.70. The van der Waals surface area contributed by atoms with E-state index in [1.807, 2.05) is 0 Å². The molecular formula is C16H23N5O3. The van der Waals surface area contributed by atoms with E-state index < -0.39 is 0 Å². The van der Waals surface area contributed by atoms with E-state index in [1.54, 1.807) is 24.1 Å². The van der Waals surface area contributed by atoms with Crippen LogP contribution < -0.4 is 10.6 Å². The van der Waals surface area contributed by atoms with Gasteiger partial charge in [-0.25, -0.2) is 0 Å². The highest BCUT2D eigenvalue weighted by Crippen LogP contribution is 2.18. The first kappa shape index (κ1) is 16.4. The summed E-state index contributed by atoms with van der Waals surface area (Å²) >= 11 is 0. The molecule has 8 heteroatoms. The number of furan rings is 1. The van der Waals surface area contributed by atoms with Crippen molar-refractivity contribution in [1.82, 2.24) is 20.4 Å². The summed E-state index contributed by atoms with van der Waals surface area (Å²) in [5.41, 5.74) is 0. The van der Waals surface area contributed by atoms with E-state index in [-0.39, 0.29) is 18.4 Å². The molecule has 130 valence electrons. The highest BCUT2D eigenvalue weighted by atomic mass is 16.3. The largest absolute Gasteiger partial charge is 0.459 e. The number of rotatable bonds is 4. The van der Waals surface area contributed by atoms with Gasteiger partial charge in [0, 0.05) is 39.3 Å². The lowest BCUT2D eigenvalue weighted by atomic mass is 10.3. The van der Waals surface area contributed by atoms with Gasteiger partial charge in [-0.2, -0.15) is 0 Å². The third kappa shape index (κ3) is 4.06. The maximum atomic E-state index is 12.2. The van der Waals surface area contributed by atoms with Crippen molar-refractivity contribution in [2.24, 2.45) is 4.99 Å². The van der Waals surface area contributed by atoms with Crippen molar-refractivity contribution in [3.63, 3.8) is 0 Å². The molecule has 2 heterocycles. The Hall–Kier alpha value is -2.51. The van der Waals surface area contributed by atoms with Crippen LogP contribution in [0.1, 0.15) is 23.4 Å². The van der Waals surface area contributed by atoms with Crippen LogP contribution in [-0.4, -0.2) is 73.4 Å². The number of amides is 2. The Morgan fingerprint density at radius 3 is 2.54 bits per heavy atom. The number of carbonyl (C=O) groups excluding carboxylic acids is 2. The molecule has 2 amide bonds. The maximum absolute atomic E-state index is 12.2. The summed E-state index contributed by atoms with van der Waals surface area (Å²) in [6.45, 7) is 2.73. The minimum absolute atomic E-state index is 0.00900. The topological polar surface area (TPSA) is 90.2 Å². The van der Waals surface area contributed by atoms with E-state index >= 15 is 0 Å². The molecule has 0 unspecified atom stereocenters. The van der Waals surface area contributed by atoms with Crippen molar-refractivity contribution >= 4 is 17.8 Å². The fourth-order valence-electron chi connectivity index (χ4n) is 2.68. The predicted molar refractivity (Wildman–Crippen MR) is 88.7 cm³/mol. The fraction of sp³-hybridized carbons (Fsp3) is 0.562. The van der Waals surface area contributed by atoms with Gasteiger partial charge in [-0.15, -0.1) is 0 Å². The third-order valence-corrected chi connectivity index (χ3v) is 4.16. The third-order valence-electron chi connectivity index (χ3n) is 4.16. The second-order valence-electron chi connectivity index (χ2n) is 6.00. The van der Waals surface area contributed by atoms with Crippen LogP contribution in [0.2, 0.25) is 0 Å². The molecule has 1 aromatic rings. The highest BCUT2D eigenvalue weighted by molar-refractivity contribution is 5.92. The normalized spacial score (nSPS) is 18.5. The second-order valence-corrected chi connectivity index (χ2v) is 6.00. The molecular weight excluding hydrogens is 310 g/mol. The van der Waals surface area contributed by atoms with Gasteiger partial charge < -0.3 is 24.9 Å². The molecule has 8 nitrogen and oxygen atoms in total. The molecule has 0 bridgehead atoms. The van der Waals surface area contributed by atoms with Crippen LogP contribution in [0.15, 0.2) is 27.8 Å². The predicted octanol–water partition coefficient (Wildman–Crippen LogP) is -0.109. The van der Waals surface area contributed by atoms with Gasteiger partial charge in [0.1, 0.15) is 0 Å². The summed E-state index contributed by atoms with van der Waals surface area (Å²) in [4.78, 5) is 32.1. The molecule has 1 aliphatic heterocycles. The quantitative estimate of drug-likeness (QED) is 0.593. The van der Waals surface area contributed by atoms with E-state index in [4.69, 9.17) is 4.42 Å². The van der Waals surface area contributed by atoms with Crippen LogP contribution in [0, 0.1) is 0 Å². The van der Waals surface area contributed by atoms with Crippen LogP contribution >= 0.6 is 0 Å². The number of carbonyl (C=O) groups is 2. The van der Waals surface area contributed by atoms with Gasteiger partial charge in [0.2, 0.25) is 5.91 Å². The lowest BCUT2D eigenvalue weighted by molar-refractivity contribution is -0.120. The number of nitrogens with zero attached hydrogens (tertiary/aromatic N) is 3. The average molecular weight is 333 g/mol. The highest BCUT2D eigenvalue weighted by Gasteiger charge is 2.26. The Kier molecular flexibility index (Phi) is 5.02. The SMILES string of the molecule is CN=C(NCC(=O)NC1CC1)N1CCN(C(=O)c2ccco2)CC1. The van der Waals surface area contributed by atoms with Crippen molar-refractivity contribution < 1.29 is 14.0 Å². The molecule has 1 saturated carbocycles. The minimum Gasteiger partial charge on any atom is -0.459 e. The molecule has 1 aromatic heterocycles. The summed E-state index contributed by atoms with van der Waals surface area (Å²) in [6, 6.07) is 3.74. The number of piperazine rings is 1. The monoisotopic (exact) mass is 333 g/mol. The van der Waals surface area contributed by atoms with Crippen LogP contribution in [0.3, 0.4) is 0 Å². The van der Waals surface area contributed by atoms with E-state index in [0.717, 1.165) is 12.8 Å². The summed E-state index contributed by atoms with van der Waals surface area (Å²) in [5.74, 6) is 0.949. The number of nitrogens with one attached hydrogen (secondary N) is 2. The second kappa shape index (κ2) is 7.37. The number of hydrogen-bond acceptors (Lipinski definition) is 4. The zero-order chi connectivity index (χ0) is 16.9. The van der Waals surface area contributed by atoms with Gasteiger partial charge in [-0.3, -0.25) is 14.6 Å². The number of guanidine groups is 1. The van der Waals surface area contributed by atoms with E-state index in [0.29, 0.717) is 43.9 Å². The molecule has 1 saturated heterocycles. The molecule has 2 aliphatic rings. The molecule has 1 aliphatic carbocycles. The molecule has 0 aromatic carbocycles. The zero-order valence-electron chi connectivity index (χ0n) is 13.8. The van der Waals surface area contributed by atoms with Crippen molar-refractivity contribution in [2.75, 3.05) is 39.8 Å². The van der Waals surface area contributed by atoms with E-state index in [2.05, 4.69) is 20.5 Å². The van der Waals surface area contributed by atoms with Gasteiger partial charge in [0.15, 0.2) is 11.7 Å². The smallest absolute Gasteiger partial charge is 0.289 e. The first-order chi connectivity index (χ1) is 11.7. The summed E-state index contributed by atoms with van der Waals surface area (Å²) < 4.78 is 5.16. The zero-order valence-corrected chi connectivity index (χ0v) is 13.8. The number of hydrogen-bond donors (Lipinski definition) is 2. The van der Waals surface area contributed by atoms with Crippen molar-refractivity contribution in [1.29, 1.82) is 0 Å². The van der Waals surface area contributed by atoms with Crippen LogP contribution in [0.5, 0.6) is 0 Å². The van der Waals surface area contributed by atoms with Gasteiger partial charge in [-0.1, -0.05) is 0 Å². The Morgan fingerprint density at radius 1 is 1.25 bits per heavy atom. The Bertz CT molecular complexity index is 601. The van der Waals surface area contributed by atoms with Crippen molar-refractivity contribution in [2.45, 2.75) is 18.9 Å². The Morgan fingerprint density at radius 2 is 1.96 bits per heavy atom. The number of aliphatic imine (C=N–C) groups is 1. The summed E-state index contributed by atoms with van der Waals surface area (Å²) in [6.07, 6.45) is 3.65. The molecule has 3 rings (SSSR count).